The van der Waals surface area contributed by atoms with Gasteiger partial charge in [-0.2, -0.15) is 0 Å². The van der Waals surface area contributed by atoms with Crippen LogP contribution in [0.4, 0.5) is 5.69 Å². The fourth-order valence-corrected chi connectivity index (χ4v) is 6.94. The molecular weight excluding hydrogens is 678 g/mol. The molecule has 0 spiro atoms. The Bertz CT molecular complexity index is 1870. The maximum atomic E-state index is 14.8. The van der Waals surface area contributed by atoms with Crippen LogP contribution in [0.1, 0.15) is 30.5 Å². The number of aryl methyl sites for hydroxylation is 1. The van der Waals surface area contributed by atoms with Crippen molar-refractivity contribution < 1.29 is 32.2 Å². The summed E-state index contributed by atoms with van der Waals surface area (Å²) in [4.78, 5) is 30.1. The molecule has 50 heavy (non-hydrogen) atoms. The Morgan fingerprint density at radius 3 is 2.06 bits per heavy atom. The molecule has 0 bridgehead atoms. The summed E-state index contributed by atoms with van der Waals surface area (Å²) in [6.07, 6.45) is 0.200. The van der Waals surface area contributed by atoms with Crippen LogP contribution < -0.4 is 23.8 Å². The number of hydrogen-bond acceptors (Lipinski definition) is 7. The minimum atomic E-state index is -4.48. The molecule has 4 aromatic rings. The van der Waals surface area contributed by atoms with E-state index in [2.05, 4.69) is 5.32 Å². The van der Waals surface area contributed by atoms with Crippen LogP contribution in [0.15, 0.2) is 95.9 Å². The number of sulfonamides is 1. The Morgan fingerprint density at radius 2 is 1.44 bits per heavy atom. The first-order valence-corrected chi connectivity index (χ1v) is 17.9. The first-order chi connectivity index (χ1) is 23.9. The van der Waals surface area contributed by atoms with Gasteiger partial charge in [0.1, 0.15) is 18.3 Å². The number of methoxy groups -OCH3 is 3. The summed E-state index contributed by atoms with van der Waals surface area (Å²) in [7, 11) is -0.243. The number of amides is 2. The van der Waals surface area contributed by atoms with Crippen molar-refractivity contribution in [2.45, 2.75) is 44.7 Å². The van der Waals surface area contributed by atoms with E-state index >= 15 is 0 Å². The predicted molar refractivity (Wildman–Crippen MR) is 196 cm³/mol. The molecule has 1 atom stereocenters. The molecule has 0 aliphatic carbocycles. The zero-order chi connectivity index (χ0) is 36.4. The second-order valence-corrected chi connectivity index (χ2v) is 14.5. The number of carbonyl (C=O) groups is 2. The predicted octanol–water partition coefficient (Wildman–Crippen LogP) is 6.28. The molecule has 0 saturated heterocycles. The molecule has 0 aliphatic heterocycles. The summed E-state index contributed by atoms with van der Waals surface area (Å²) >= 11 is 6.40. The van der Waals surface area contributed by atoms with Crippen molar-refractivity contribution in [3.8, 4) is 17.2 Å². The molecule has 4 aromatic carbocycles. The zero-order valence-electron chi connectivity index (χ0n) is 29.2. The number of rotatable bonds is 16. The minimum Gasteiger partial charge on any atom is -0.495 e. The molecule has 2 amide bonds. The van der Waals surface area contributed by atoms with Crippen molar-refractivity contribution in [1.29, 1.82) is 0 Å². The van der Waals surface area contributed by atoms with Gasteiger partial charge in [0.25, 0.3) is 10.0 Å². The fraction of sp³-hybridized carbons (Fsp3) is 0.316. The summed E-state index contributed by atoms with van der Waals surface area (Å²) in [6.45, 7) is 5.69. The normalized spacial score (nSPS) is 11.8. The van der Waals surface area contributed by atoms with Crippen molar-refractivity contribution in [2.24, 2.45) is 5.92 Å². The monoisotopic (exact) mass is 721 g/mol. The average molecular weight is 722 g/mol. The average Bonchev–Trinajstić information content (AvgIpc) is 3.11. The third kappa shape index (κ3) is 9.48. The second-order valence-electron chi connectivity index (χ2n) is 12.2. The molecule has 1 N–H and O–H groups in total. The van der Waals surface area contributed by atoms with E-state index in [-0.39, 0.29) is 51.9 Å². The van der Waals surface area contributed by atoms with Gasteiger partial charge in [0.15, 0.2) is 11.5 Å². The van der Waals surface area contributed by atoms with Crippen LogP contribution in [0, 0.1) is 12.8 Å². The largest absolute Gasteiger partial charge is 0.495 e. The van der Waals surface area contributed by atoms with Crippen LogP contribution in [0.2, 0.25) is 5.02 Å². The first-order valence-electron chi connectivity index (χ1n) is 16.1. The van der Waals surface area contributed by atoms with E-state index in [1.54, 1.807) is 6.07 Å². The van der Waals surface area contributed by atoms with Crippen molar-refractivity contribution in [2.75, 3.05) is 38.7 Å². The molecule has 0 aliphatic rings. The summed E-state index contributed by atoms with van der Waals surface area (Å²) in [6, 6.07) is 24.7. The Balaban J connectivity index is 1.87. The Hall–Kier alpha value is -4.74. The number of hydrogen-bond donors (Lipinski definition) is 1. The van der Waals surface area contributed by atoms with E-state index in [9.17, 15) is 18.0 Å². The van der Waals surface area contributed by atoms with Gasteiger partial charge in [0.2, 0.25) is 11.8 Å². The molecule has 10 nitrogen and oxygen atoms in total. The van der Waals surface area contributed by atoms with E-state index in [0.717, 1.165) is 21.0 Å². The lowest BCUT2D eigenvalue weighted by Crippen LogP contribution is -2.53. The van der Waals surface area contributed by atoms with Crippen molar-refractivity contribution in [3.05, 3.63) is 113 Å². The highest BCUT2D eigenvalue weighted by Gasteiger charge is 2.36. The van der Waals surface area contributed by atoms with E-state index in [1.807, 2.05) is 75.4 Å². The maximum Gasteiger partial charge on any atom is 0.265 e. The number of benzene rings is 4. The van der Waals surface area contributed by atoms with Gasteiger partial charge >= 0.3 is 0 Å². The molecule has 0 radical (unpaired) electrons. The molecule has 0 fully saturated rings. The summed E-state index contributed by atoms with van der Waals surface area (Å²) in [5.74, 6) is -0.115. The summed E-state index contributed by atoms with van der Waals surface area (Å²) in [5.41, 5.74) is 2.68. The van der Waals surface area contributed by atoms with Gasteiger partial charge < -0.3 is 24.4 Å². The summed E-state index contributed by atoms with van der Waals surface area (Å²) < 4.78 is 46.4. The van der Waals surface area contributed by atoms with Crippen LogP contribution in [0.25, 0.3) is 0 Å². The van der Waals surface area contributed by atoms with E-state index in [1.165, 1.54) is 56.6 Å². The number of anilines is 1. The van der Waals surface area contributed by atoms with Crippen LogP contribution in [0.3, 0.4) is 0 Å². The third-order valence-corrected chi connectivity index (χ3v) is 10.1. The highest BCUT2D eigenvalue weighted by Crippen LogP contribution is 2.37. The van der Waals surface area contributed by atoms with Crippen LogP contribution in [-0.2, 0) is 32.6 Å². The standard InChI is InChI=1S/C38H44ClN3O7S/c1-26(2)23-40-38(44)33(20-28-10-8-7-9-11-28)41(24-29-14-12-27(3)13-15-29)37(43)25-42(32-21-30(39)16-18-34(32)47-4)50(45,46)31-17-19-35(48-5)36(22-31)49-6/h7-19,21-22,26,33H,20,23-25H2,1-6H3,(H,40,44). The first kappa shape index (κ1) is 38.1. The molecule has 0 aromatic heterocycles. The van der Waals surface area contributed by atoms with Crippen LogP contribution in [0.5, 0.6) is 17.2 Å². The van der Waals surface area contributed by atoms with Crippen molar-refractivity contribution >= 4 is 39.1 Å². The third-order valence-electron chi connectivity index (χ3n) is 8.06. The Morgan fingerprint density at radius 1 is 0.800 bits per heavy atom. The number of carbonyl (C=O) groups excluding carboxylic acids is 2. The fourth-order valence-electron chi connectivity index (χ4n) is 5.34. The SMILES string of the molecule is COc1ccc(S(=O)(=O)N(CC(=O)N(Cc2ccc(C)cc2)C(Cc2ccccc2)C(=O)NCC(C)C)c2cc(Cl)ccc2OC)cc1OC. The molecule has 1 unspecified atom stereocenters. The van der Waals surface area contributed by atoms with Gasteiger partial charge in [-0.05, 0) is 54.3 Å². The number of nitrogens with one attached hydrogen (secondary N) is 1. The van der Waals surface area contributed by atoms with E-state index in [0.29, 0.717) is 12.3 Å². The van der Waals surface area contributed by atoms with Gasteiger partial charge in [-0.25, -0.2) is 8.42 Å². The van der Waals surface area contributed by atoms with Crippen molar-refractivity contribution in [1.82, 2.24) is 10.2 Å². The lowest BCUT2D eigenvalue weighted by Gasteiger charge is -2.34. The second kappa shape index (κ2) is 17.3. The highest BCUT2D eigenvalue weighted by atomic mass is 35.5. The lowest BCUT2D eigenvalue weighted by molar-refractivity contribution is -0.140. The minimum absolute atomic E-state index is 0.0438. The number of nitrogens with zero attached hydrogens (tertiary/aromatic N) is 2. The molecule has 12 heteroatoms. The molecular formula is C38H44ClN3O7S. The number of halogens is 1. The topological polar surface area (TPSA) is 114 Å². The Labute approximate surface area is 300 Å². The van der Waals surface area contributed by atoms with Crippen molar-refractivity contribution in [3.63, 3.8) is 0 Å². The molecule has 266 valence electrons. The van der Waals surface area contributed by atoms with E-state index in [4.69, 9.17) is 25.8 Å². The smallest absolute Gasteiger partial charge is 0.265 e. The number of ether oxygens (including phenoxy) is 3. The van der Waals surface area contributed by atoms with Gasteiger partial charge in [-0.1, -0.05) is 85.6 Å². The van der Waals surface area contributed by atoms with Crippen LogP contribution >= 0.6 is 11.6 Å². The quantitative estimate of drug-likeness (QED) is 0.145. The molecule has 0 heterocycles. The maximum absolute atomic E-state index is 14.8. The molecule has 0 saturated carbocycles. The molecule has 4 rings (SSSR count). The Kier molecular flexibility index (Phi) is 13.1. The summed E-state index contributed by atoms with van der Waals surface area (Å²) in [5, 5.41) is 3.22. The highest BCUT2D eigenvalue weighted by molar-refractivity contribution is 7.92. The van der Waals surface area contributed by atoms with Gasteiger partial charge in [0, 0.05) is 30.6 Å². The van der Waals surface area contributed by atoms with Gasteiger partial charge in [-0.15, -0.1) is 0 Å². The van der Waals surface area contributed by atoms with Gasteiger partial charge in [-0.3, -0.25) is 13.9 Å². The lowest BCUT2D eigenvalue weighted by atomic mass is 10.0. The van der Waals surface area contributed by atoms with Crippen LogP contribution in [-0.4, -0.2) is 65.6 Å². The van der Waals surface area contributed by atoms with E-state index < -0.39 is 28.5 Å². The zero-order valence-corrected chi connectivity index (χ0v) is 30.8. The van der Waals surface area contributed by atoms with Gasteiger partial charge in [0.05, 0.1) is 31.9 Å².